The lowest BCUT2D eigenvalue weighted by molar-refractivity contribution is -0.151. The molecule has 0 amide bonds. The zero-order valence-electron chi connectivity index (χ0n) is 24.4. The number of rotatable bonds is 14. The van der Waals surface area contributed by atoms with Crippen LogP contribution in [0.25, 0.3) is 11.2 Å². The van der Waals surface area contributed by atoms with Crippen molar-refractivity contribution in [1.29, 1.82) is 0 Å². The number of hydrogen-bond acceptors (Lipinski definition) is 13. The van der Waals surface area contributed by atoms with Crippen LogP contribution in [0.3, 0.4) is 0 Å². The highest BCUT2D eigenvalue weighted by Crippen LogP contribution is 2.43. The Kier molecular flexibility index (Phi) is 9.20. The molecule has 45 heavy (non-hydrogen) atoms. The van der Waals surface area contributed by atoms with E-state index in [9.17, 15) is 9.59 Å². The van der Waals surface area contributed by atoms with E-state index in [-0.39, 0.29) is 12.9 Å². The predicted molar refractivity (Wildman–Crippen MR) is 168 cm³/mol. The second-order valence-corrected chi connectivity index (χ2v) is 11.6. The van der Waals surface area contributed by atoms with Crippen molar-refractivity contribution in [2.24, 2.45) is 7.05 Å². The van der Waals surface area contributed by atoms with Gasteiger partial charge in [0.25, 0.3) is 12.9 Å². The van der Waals surface area contributed by atoms with E-state index in [1.54, 1.807) is 17.0 Å². The van der Waals surface area contributed by atoms with Gasteiger partial charge in [-0.1, -0.05) is 24.2 Å². The van der Waals surface area contributed by atoms with Gasteiger partial charge in [0.05, 0.1) is 24.0 Å². The van der Waals surface area contributed by atoms with Crippen LogP contribution >= 0.6 is 22.6 Å². The van der Waals surface area contributed by atoms with Crippen LogP contribution in [0.1, 0.15) is 42.0 Å². The number of aromatic nitrogens is 7. The number of carbonyl (C=O) groups excluding carboxylic acids is 2. The van der Waals surface area contributed by atoms with Crippen LogP contribution in [0.5, 0.6) is 0 Å². The van der Waals surface area contributed by atoms with Crippen molar-refractivity contribution in [2.45, 2.75) is 50.8 Å². The first kappa shape index (κ1) is 30.4. The second-order valence-electron chi connectivity index (χ2n) is 10.3. The van der Waals surface area contributed by atoms with Gasteiger partial charge in [-0.25, -0.2) is 9.97 Å². The van der Waals surface area contributed by atoms with E-state index in [2.05, 4.69) is 54.4 Å². The number of fused-ring (bicyclic) bond motifs is 1. The van der Waals surface area contributed by atoms with Gasteiger partial charge in [0.2, 0.25) is 5.95 Å². The van der Waals surface area contributed by atoms with Gasteiger partial charge in [-0.15, -0.1) is 0 Å². The molecule has 1 saturated heterocycles. The molecule has 1 fully saturated rings. The lowest BCUT2D eigenvalue weighted by Gasteiger charge is -2.21. The summed E-state index contributed by atoms with van der Waals surface area (Å²) in [5.41, 5.74) is 3.55. The Bertz CT molecular complexity index is 1790. The minimum Gasteiger partial charge on any atom is -0.457 e. The fourth-order valence-corrected chi connectivity index (χ4v) is 5.79. The number of carbonyl (C=O) groups is 2. The highest BCUT2D eigenvalue weighted by Gasteiger charge is 2.51. The molecule has 4 atom stereocenters. The van der Waals surface area contributed by atoms with Crippen molar-refractivity contribution < 1.29 is 28.3 Å². The van der Waals surface area contributed by atoms with Gasteiger partial charge < -0.3 is 33.9 Å². The molecule has 234 valence electrons. The third-order valence-corrected chi connectivity index (χ3v) is 7.97. The third-order valence-electron chi connectivity index (χ3n) is 7.30. The van der Waals surface area contributed by atoms with E-state index in [0.717, 1.165) is 14.8 Å². The molecule has 15 nitrogen and oxygen atoms in total. The molecular weight excluding hydrogens is 697 g/mol. The van der Waals surface area contributed by atoms with Gasteiger partial charge in [0, 0.05) is 42.4 Å². The number of nitrogens with one attached hydrogen (secondary N) is 2. The zero-order valence-corrected chi connectivity index (χ0v) is 26.5. The van der Waals surface area contributed by atoms with E-state index in [4.69, 9.17) is 28.7 Å². The topological polar surface area (TPSA) is 173 Å². The maximum absolute atomic E-state index is 11.6. The fraction of sp³-hybridized carbons (Fsp3) is 0.345. The molecule has 1 aliphatic heterocycles. The number of aryl methyl sites for hydroxylation is 2. The number of benzene rings is 1. The molecule has 5 aromatic rings. The van der Waals surface area contributed by atoms with Gasteiger partial charge in [-0.3, -0.25) is 14.2 Å². The van der Waals surface area contributed by atoms with Crippen molar-refractivity contribution in [1.82, 2.24) is 34.2 Å². The van der Waals surface area contributed by atoms with Crippen molar-refractivity contribution in [2.75, 3.05) is 17.2 Å². The first-order chi connectivity index (χ1) is 22.0. The Morgan fingerprint density at radius 1 is 1.04 bits per heavy atom. The van der Waals surface area contributed by atoms with Crippen molar-refractivity contribution in [3.05, 3.63) is 75.5 Å². The highest BCUT2D eigenvalue weighted by molar-refractivity contribution is 14.1. The predicted octanol–water partition coefficient (Wildman–Crippen LogP) is 3.33. The Balaban J connectivity index is 1.36. The molecule has 0 aliphatic carbocycles. The molecule has 5 heterocycles. The first-order valence-electron chi connectivity index (χ1n) is 14.2. The summed E-state index contributed by atoms with van der Waals surface area (Å²) in [5, 5.41) is 10.7. The van der Waals surface area contributed by atoms with Crippen LogP contribution in [0, 0.1) is 3.57 Å². The largest absolute Gasteiger partial charge is 0.457 e. The molecule has 0 bridgehead atoms. The standard InChI is InChI=1S/C29H30IN9O6/c1-3-19-10-21(45-37-19)23-24(42-15-40)25(43-16-41)28(44-23)39-14-34-22-26(32-11-17-5-4-6-18(30)9-17)35-29(36-27(22)39)31-8-7-20-12-38(2)13-33-20/h4-6,9-10,12-16,23-25,28H,3,7-8,11H2,1-2H3,(H2,31,32,35,36)/t23-,24-,25-,28-/m1/s1. The third kappa shape index (κ3) is 6.60. The summed E-state index contributed by atoms with van der Waals surface area (Å²) in [5.74, 6) is 1.16. The smallest absolute Gasteiger partial charge is 0.293 e. The molecule has 6 rings (SSSR count). The molecule has 0 radical (unpaired) electrons. The Morgan fingerprint density at radius 2 is 1.89 bits per heavy atom. The number of hydrogen-bond donors (Lipinski definition) is 2. The molecule has 0 saturated carbocycles. The minimum absolute atomic E-state index is 0.284. The summed E-state index contributed by atoms with van der Waals surface area (Å²) in [4.78, 5) is 41.6. The van der Waals surface area contributed by atoms with Crippen molar-refractivity contribution >= 4 is 58.5 Å². The summed E-state index contributed by atoms with van der Waals surface area (Å²) < 4.78 is 27.3. The lowest BCUT2D eigenvalue weighted by atomic mass is 10.1. The number of anilines is 2. The Morgan fingerprint density at radius 3 is 2.62 bits per heavy atom. The highest BCUT2D eigenvalue weighted by atomic mass is 127. The van der Waals surface area contributed by atoms with Crippen LogP contribution in [-0.2, 0) is 50.2 Å². The molecule has 2 N–H and O–H groups in total. The summed E-state index contributed by atoms with van der Waals surface area (Å²) in [6.45, 7) is 3.51. The van der Waals surface area contributed by atoms with Crippen LogP contribution in [0.15, 0.2) is 53.7 Å². The summed E-state index contributed by atoms with van der Waals surface area (Å²) in [6.07, 6.45) is 2.54. The Hall–Kier alpha value is -4.58. The van der Waals surface area contributed by atoms with Crippen LogP contribution in [-0.4, -0.2) is 65.9 Å². The normalized spacial score (nSPS) is 19.4. The van der Waals surface area contributed by atoms with E-state index < -0.39 is 24.5 Å². The van der Waals surface area contributed by atoms with Crippen LogP contribution in [0.4, 0.5) is 11.8 Å². The number of imidazole rings is 2. The summed E-state index contributed by atoms with van der Waals surface area (Å²) in [7, 11) is 1.92. The van der Waals surface area contributed by atoms with Crippen molar-refractivity contribution in [3.8, 4) is 0 Å². The lowest BCUT2D eigenvalue weighted by Crippen LogP contribution is -2.34. The molecule has 0 unspecified atom stereocenters. The molecular formula is C29H30IN9O6. The second kappa shape index (κ2) is 13.6. The maximum atomic E-state index is 11.6. The summed E-state index contributed by atoms with van der Waals surface area (Å²) in [6, 6.07) is 9.83. The minimum atomic E-state index is -1.05. The molecule has 16 heteroatoms. The van der Waals surface area contributed by atoms with Gasteiger partial charge in [-0.05, 0) is 46.7 Å². The first-order valence-corrected chi connectivity index (χ1v) is 15.3. The molecule has 0 spiro atoms. The molecule has 1 aliphatic rings. The maximum Gasteiger partial charge on any atom is 0.293 e. The van der Waals surface area contributed by atoms with Crippen LogP contribution < -0.4 is 10.6 Å². The van der Waals surface area contributed by atoms with Gasteiger partial charge >= 0.3 is 0 Å². The fourth-order valence-electron chi connectivity index (χ4n) is 5.18. The molecule has 4 aromatic heterocycles. The van der Waals surface area contributed by atoms with E-state index >= 15 is 0 Å². The summed E-state index contributed by atoms with van der Waals surface area (Å²) >= 11 is 2.27. The monoisotopic (exact) mass is 727 g/mol. The number of halogens is 1. The zero-order chi connectivity index (χ0) is 31.3. The van der Waals surface area contributed by atoms with Crippen molar-refractivity contribution in [3.63, 3.8) is 0 Å². The average molecular weight is 728 g/mol. The van der Waals surface area contributed by atoms with Gasteiger partial charge in [-0.2, -0.15) is 9.97 Å². The van der Waals surface area contributed by atoms with Crippen LogP contribution in [0.2, 0.25) is 0 Å². The van der Waals surface area contributed by atoms with E-state index in [1.165, 1.54) is 6.33 Å². The average Bonchev–Trinajstić information content (AvgIpc) is 3.83. The van der Waals surface area contributed by atoms with E-state index in [1.807, 2.05) is 42.9 Å². The van der Waals surface area contributed by atoms with Gasteiger partial charge in [0.15, 0.2) is 47.3 Å². The van der Waals surface area contributed by atoms with Gasteiger partial charge in [0.1, 0.15) is 0 Å². The SMILES string of the molecule is CCc1cc([C@H]2O[C@@H](n3cnc4c(NCc5cccc(I)c5)nc(NCCc5cn(C)cn5)nc43)[C@H](OC=O)[C@@H]2OC=O)on1. The molecule has 1 aromatic carbocycles. The Labute approximate surface area is 270 Å². The number of ether oxygens (including phenoxy) is 3. The van der Waals surface area contributed by atoms with E-state index in [0.29, 0.717) is 60.3 Å². The number of nitrogens with zero attached hydrogens (tertiary/aromatic N) is 7. The quantitative estimate of drug-likeness (QED) is 0.126.